The minimum atomic E-state index is -0.533. The summed E-state index contributed by atoms with van der Waals surface area (Å²) in [5.41, 5.74) is 1.20. The van der Waals surface area contributed by atoms with E-state index in [9.17, 15) is 4.79 Å². The molecule has 0 aliphatic carbocycles. The van der Waals surface area contributed by atoms with Crippen LogP contribution in [0.1, 0.15) is 12.5 Å². The third kappa shape index (κ3) is 4.75. The van der Waals surface area contributed by atoms with Gasteiger partial charge in [0.05, 0.1) is 6.61 Å². The third-order valence-electron chi connectivity index (χ3n) is 2.03. The number of ether oxygens (including phenoxy) is 2. The molecule has 0 radical (unpaired) electrons. The number of carbonyl (C=O) groups is 1. The molecule has 3 heteroatoms. The average Bonchev–Trinajstić information content (AvgIpc) is 2.30. The fraction of sp³-hybridized carbons (Fsp3) is 0.308. The maximum absolute atomic E-state index is 10.8. The first-order valence-corrected chi connectivity index (χ1v) is 5.21. The maximum Gasteiger partial charge on any atom is 0.332 e. The molecule has 0 saturated heterocycles. The van der Waals surface area contributed by atoms with Gasteiger partial charge in [-0.25, -0.2) is 4.79 Å². The number of rotatable bonds is 6. The van der Waals surface area contributed by atoms with Crippen LogP contribution < -0.4 is 0 Å². The molecule has 86 valence electrons. The van der Waals surface area contributed by atoms with Crippen LogP contribution in [0.15, 0.2) is 43.0 Å². The van der Waals surface area contributed by atoms with Crippen LogP contribution in [-0.4, -0.2) is 18.9 Å². The molecule has 0 bridgehead atoms. The second kappa shape index (κ2) is 6.80. The van der Waals surface area contributed by atoms with Crippen molar-refractivity contribution in [3.63, 3.8) is 0 Å². The molecule has 0 N–H and O–H groups in total. The molecular weight excluding hydrogens is 204 g/mol. The summed E-state index contributed by atoms with van der Waals surface area (Å²) in [5, 5.41) is 0. The first kappa shape index (κ1) is 12.5. The summed E-state index contributed by atoms with van der Waals surface area (Å²) in [6.07, 6.45) is 1.39. The van der Waals surface area contributed by atoms with Gasteiger partial charge < -0.3 is 9.47 Å². The molecule has 0 amide bonds. The van der Waals surface area contributed by atoms with Gasteiger partial charge in [0, 0.05) is 6.08 Å². The Morgan fingerprint density at radius 1 is 1.44 bits per heavy atom. The van der Waals surface area contributed by atoms with Crippen molar-refractivity contribution >= 4 is 5.97 Å². The van der Waals surface area contributed by atoms with Crippen LogP contribution in [0.5, 0.6) is 0 Å². The minimum absolute atomic E-state index is 0.466. The van der Waals surface area contributed by atoms with E-state index in [0.717, 1.165) is 12.5 Å². The minimum Gasteiger partial charge on any atom is -0.433 e. The van der Waals surface area contributed by atoms with Gasteiger partial charge in [-0.2, -0.15) is 0 Å². The Balaban J connectivity index is 2.20. The first-order valence-electron chi connectivity index (χ1n) is 5.21. The molecule has 0 aliphatic heterocycles. The predicted molar refractivity (Wildman–Crippen MR) is 61.8 cm³/mol. The number of hydrogen-bond acceptors (Lipinski definition) is 3. The maximum atomic E-state index is 10.8. The van der Waals surface area contributed by atoms with Gasteiger partial charge in [-0.15, -0.1) is 0 Å². The third-order valence-corrected chi connectivity index (χ3v) is 2.03. The number of benzene rings is 1. The molecule has 1 unspecified atom stereocenters. The van der Waals surface area contributed by atoms with E-state index in [0.29, 0.717) is 6.61 Å². The molecule has 0 heterocycles. The van der Waals surface area contributed by atoms with Crippen LogP contribution in [0.25, 0.3) is 0 Å². The highest BCUT2D eigenvalue weighted by Gasteiger charge is 2.05. The topological polar surface area (TPSA) is 35.5 Å². The van der Waals surface area contributed by atoms with Crippen LogP contribution in [-0.2, 0) is 20.7 Å². The molecule has 1 rings (SSSR count). The van der Waals surface area contributed by atoms with E-state index >= 15 is 0 Å². The number of hydrogen-bond donors (Lipinski definition) is 0. The van der Waals surface area contributed by atoms with Gasteiger partial charge in [0.25, 0.3) is 0 Å². The molecule has 1 aromatic rings. The molecule has 3 nitrogen and oxygen atoms in total. The van der Waals surface area contributed by atoms with Crippen molar-refractivity contribution in [1.82, 2.24) is 0 Å². The molecule has 16 heavy (non-hydrogen) atoms. The summed E-state index contributed by atoms with van der Waals surface area (Å²) >= 11 is 0. The normalized spacial score (nSPS) is 11.8. The van der Waals surface area contributed by atoms with E-state index in [1.54, 1.807) is 6.92 Å². The summed E-state index contributed by atoms with van der Waals surface area (Å²) in [6, 6.07) is 10.00. The van der Waals surface area contributed by atoms with E-state index < -0.39 is 12.3 Å². The van der Waals surface area contributed by atoms with Crippen LogP contribution >= 0.6 is 0 Å². The summed E-state index contributed by atoms with van der Waals surface area (Å²) in [7, 11) is 0. The van der Waals surface area contributed by atoms with Crippen molar-refractivity contribution in [2.45, 2.75) is 19.6 Å². The zero-order chi connectivity index (χ0) is 11.8. The van der Waals surface area contributed by atoms with Gasteiger partial charge in [-0.05, 0) is 18.9 Å². The lowest BCUT2D eigenvalue weighted by Gasteiger charge is -2.12. The Kier molecular flexibility index (Phi) is 5.29. The van der Waals surface area contributed by atoms with Crippen LogP contribution in [0.4, 0.5) is 0 Å². The van der Waals surface area contributed by atoms with E-state index in [1.165, 1.54) is 5.56 Å². The molecule has 0 saturated carbocycles. The van der Waals surface area contributed by atoms with Crippen molar-refractivity contribution < 1.29 is 14.3 Å². The molecule has 0 spiro atoms. The highest BCUT2D eigenvalue weighted by atomic mass is 16.7. The quantitative estimate of drug-likeness (QED) is 0.419. The molecule has 0 aliphatic rings. The predicted octanol–water partition coefficient (Wildman–Crippen LogP) is 2.32. The zero-order valence-electron chi connectivity index (χ0n) is 9.39. The van der Waals surface area contributed by atoms with Crippen molar-refractivity contribution in [2.24, 2.45) is 0 Å². The van der Waals surface area contributed by atoms with Gasteiger partial charge in [0.2, 0.25) is 0 Å². The summed E-state index contributed by atoms with van der Waals surface area (Å²) in [6.45, 7) is 5.52. The lowest BCUT2D eigenvalue weighted by atomic mass is 10.2. The Morgan fingerprint density at radius 2 is 2.12 bits per heavy atom. The van der Waals surface area contributed by atoms with Gasteiger partial charge in [-0.3, -0.25) is 0 Å². The fourth-order valence-corrected chi connectivity index (χ4v) is 1.23. The SMILES string of the molecule is C=CC(=O)OC(C)OCCc1ccccc1. The number of esters is 1. The highest BCUT2D eigenvalue weighted by molar-refractivity contribution is 5.81. The van der Waals surface area contributed by atoms with E-state index in [-0.39, 0.29) is 0 Å². The van der Waals surface area contributed by atoms with E-state index in [4.69, 9.17) is 9.47 Å². The summed E-state index contributed by atoms with van der Waals surface area (Å²) in [5.74, 6) is -0.466. The van der Waals surface area contributed by atoms with Gasteiger partial charge in [0.1, 0.15) is 0 Å². The Labute approximate surface area is 95.7 Å². The van der Waals surface area contributed by atoms with Crippen LogP contribution in [0.2, 0.25) is 0 Å². The number of carbonyl (C=O) groups excluding carboxylic acids is 1. The second-order valence-corrected chi connectivity index (χ2v) is 3.32. The molecule has 0 aromatic heterocycles. The largest absolute Gasteiger partial charge is 0.433 e. The van der Waals surface area contributed by atoms with Crippen molar-refractivity contribution in [1.29, 1.82) is 0 Å². The standard InChI is InChI=1S/C13H16O3/c1-3-13(14)16-11(2)15-10-9-12-7-5-4-6-8-12/h3-8,11H,1,9-10H2,2H3. The van der Waals surface area contributed by atoms with Gasteiger partial charge in [0.15, 0.2) is 6.29 Å². The lowest BCUT2D eigenvalue weighted by molar-refractivity contribution is -0.168. The highest BCUT2D eigenvalue weighted by Crippen LogP contribution is 2.02. The Bertz CT molecular complexity index is 332. The monoisotopic (exact) mass is 220 g/mol. The summed E-state index contributed by atoms with van der Waals surface area (Å²) in [4.78, 5) is 10.8. The van der Waals surface area contributed by atoms with Crippen molar-refractivity contribution in [2.75, 3.05) is 6.61 Å². The van der Waals surface area contributed by atoms with Gasteiger partial charge in [-0.1, -0.05) is 36.9 Å². The Morgan fingerprint density at radius 3 is 2.75 bits per heavy atom. The lowest BCUT2D eigenvalue weighted by Crippen LogP contribution is -2.17. The molecule has 1 atom stereocenters. The van der Waals surface area contributed by atoms with Gasteiger partial charge >= 0.3 is 5.97 Å². The molecule has 0 fully saturated rings. The zero-order valence-corrected chi connectivity index (χ0v) is 9.39. The Hall–Kier alpha value is -1.61. The smallest absolute Gasteiger partial charge is 0.332 e. The second-order valence-electron chi connectivity index (χ2n) is 3.32. The van der Waals surface area contributed by atoms with E-state index in [2.05, 4.69) is 6.58 Å². The molecule has 1 aromatic carbocycles. The van der Waals surface area contributed by atoms with Crippen LogP contribution in [0.3, 0.4) is 0 Å². The summed E-state index contributed by atoms with van der Waals surface area (Å²) < 4.78 is 10.2. The van der Waals surface area contributed by atoms with Crippen molar-refractivity contribution in [3.8, 4) is 0 Å². The first-order chi connectivity index (χ1) is 7.72. The van der Waals surface area contributed by atoms with Crippen molar-refractivity contribution in [3.05, 3.63) is 48.6 Å². The average molecular weight is 220 g/mol. The fourth-order valence-electron chi connectivity index (χ4n) is 1.23. The molecular formula is C13H16O3. The van der Waals surface area contributed by atoms with E-state index in [1.807, 2.05) is 30.3 Å². The van der Waals surface area contributed by atoms with Crippen LogP contribution in [0, 0.1) is 0 Å².